The quantitative estimate of drug-likeness (QED) is 0.633. The average molecular weight is 362 g/mol. The molecule has 0 aromatic carbocycles. The highest BCUT2D eigenvalue weighted by atomic mass is 32.1. The van der Waals surface area contributed by atoms with Crippen LogP contribution >= 0.6 is 11.3 Å². The summed E-state index contributed by atoms with van der Waals surface area (Å²) in [5.74, 6) is 1.78. The predicted molar refractivity (Wildman–Crippen MR) is 104 cm³/mol. The molecule has 0 aliphatic carbocycles. The predicted octanol–water partition coefficient (Wildman–Crippen LogP) is 2.73. The smallest absolute Gasteiger partial charge is 0.191 e. The molecule has 2 aromatic heterocycles. The fraction of sp³-hybridized carbons (Fsp3) is 0.556. The number of aromatic nitrogens is 1. The average Bonchev–Trinajstić information content (AvgIpc) is 3.27. The summed E-state index contributed by atoms with van der Waals surface area (Å²) in [4.78, 5) is 6.83. The number of hydrogen-bond acceptors (Lipinski definition) is 5. The summed E-state index contributed by atoms with van der Waals surface area (Å²) in [6.07, 6.45) is 3.14. The zero-order valence-electron chi connectivity index (χ0n) is 15.2. The second kappa shape index (κ2) is 8.38. The van der Waals surface area contributed by atoms with Gasteiger partial charge in [-0.1, -0.05) is 5.16 Å². The van der Waals surface area contributed by atoms with Crippen molar-refractivity contribution >= 4 is 22.3 Å². The Morgan fingerprint density at radius 2 is 2.20 bits per heavy atom. The van der Waals surface area contributed by atoms with Crippen LogP contribution in [0, 0.1) is 13.8 Å². The van der Waals surface area contributed by atoms with Crippen molar-refractivity contribution in [3.63, 3.8) is 0 Å². The van der Waals surface area contributed by atoms with Gasteiger partial charge in [0.2, 0.25) is 0 Å². The maximum Gasteiger partial charge on any atom is 0.191 e. The minimum atomic E-state index is 0.474. The molecule has 1 aliphatic rings. The zero-order valence-corrected chi connectivity index (χ0v) is 16.0. The Bertz CT molecular complexity index is 667. The summed E-state index contributed by atoms with van der Waals surface area (Å²) >= 11 is 1.82. The summed E-state index contributed by atoms with van der Waals surface area (Å²) in [5.41, 5.74) is 2.16. The van der Waals surface area contributed by atoms with E-state index < -0.39 is 0 Å². The normalized spacial score (nSPS) is 16.3. The van der Waals surface area contributed by atoms with E-state index in [1.54, 1.807) is 0 Å². The number of thiophene rings is 1. The Balaban J connectivity index is 1.42. The van der Waals surface area contributed by atoms with Crippen LogP contribution < -0.4 is 15.5 Å². The Hall–Kier alpha value is -2.02. The van der Waals surface area contributed by atoms with Gasteiger partial charge in [-0.25, -0.2) is 0 Å². The Morgan fingerprint density at radius 3 is 2.80 bits per heavy atom. The van der Waals surface area contributed by atoms with Crippen molar-refractivity contribution < 1.29 is 4.52 Å². The molecule has 0 bridgehead atoms. The lowest BCUT2D eigenvalue weighted by Gasteiger charge is -2.33. The molecule has 2 aromatic rings. The molecule has 3 rings (SSSR count). The van der Waals surface area contributed by atoms with Crippen LogP contribution in [0.1, 0.15) is 29.9 Å². The van der Waals surface area contributed by atoms with Crippen molar-refractivity contribution in [2.45, 2.75) is 39.2 Å². The molecule has 7 heteroatoms. The van der Waals surface area contributed by atoms with Crippen LogP contribution in [0.5, 0.6) is 0 Å². The van der Waals surface area contributed by atoms with Crippen molar-refractivity contribution in [1.82, 2.24) is 15.8 Å². The van der Waals surface area contributed by atoms with Crippen LogP contribution in [-0.4, -0.2) is 43.8 Å². The maximum atomic E-state index is 5.21. The molecule has 1 saturated heterocycles. The van der Waals surface area contributed by atoms with Crippen LogP contribution in [0.3, 0.4) is 0 Å². The number of nitrogens with one attached hydrogen (secondary N) is 2. The molecule has 25 heavy (non-hydrogen) atoms. The Kier molecular flexibility index (Phi) is 5.96. The highest BCUT2D eigenvalue weighted by molar-refractivity contribution is 7.14. The maximum absolute atomic E-state index is 5.21. The highest BCUT2D eigenvalue weighted by Crippen LogP contribution is 2.24. The summed E-state index contributed by atoms with van der Waals surface area (Å²) in [6.45, 7) is 6.95. The molecule has 0 spiro atoms. The van der Waals surface area contributed by atoms with Gasteiger partial charge in [0.25, 0.3) is 0 Å². The van der Waals surface area contributed by atoms with E-state index in [-0.39, 0.29) is 0 Å². The van der Waals surface area contributed by atoms with Gasteiger partial charge in [-0.15, -0.1) is 11.3 Å². The highest BCUT2D eigenvalue weighted by Gasteiger charge is 2.20. The Labute approximate surface area is 153 Å². The van der Waals surface area contributed by atoms with Crippen molar-refractivity contribution in [2.24, 2.45) is 4.99 Å². The third-order valence-corrected chi connectivity index (χ3v) is 5.65. The van der Waals surface area contributed by atoms with E-state index in [0.717, 1.165) is 56.3 Å². The number of aryl methyl sites for hydroxylation is 2. The molecule has 6 nitrogen and oxygen atoms in total. The molecule has 0 unspecified atom stereocenters. The molecule has 0 amide bonds. The fourth-order valence-electron chi connectivity index (χ4n) is 3.25. The van der Waals surface area contributed by atoms with Gasteiger partial charge >= 0.3 is 0 Å². The summed E-state index contributed by atoms with van der Waals surface area (Å²) in [5, 5.41) is 14.5. The van der Waals surface area contributed by atoms with Crippen molar-refractivity contribution in [1.29, 1.82) is 0 Å². The second-order valence-corrected chi connectivity index (χ2v) is 7.33. The van der Waals surface area contributed by atoms with E-state index in [9.17, 15) is 0 Å². The van der Waals surface area contributed by atoms with Gasteiger partial charge in [0.15, 0.2) is 5.96 Å². The molecule has 3 heterocycles. The third kappa shape index (κ3) is 4.54. The van der Waals surface area contributed by atoms with Gasteiger partial charge in [-0.3, -0.25) is 4.99 Å². The zero-order chi connectivity index (χ0) is 17.6. The molecular weight excluding hydrogens is 334 g/mol. The molecule has 2 N–H and O–H groups in total. The van der Waals surface area contributed by atoms with E-state index in [4.69, 9.17) is 4.52 Å². The molecule has 1 aliphatic heterocycles. The lowest BCUT2D eigenvalue weighted by Crippen LogP contribution is -2.49. The lowest BCUT2D eigenvalue weighted by molar-refractivity contribution is 0.392. The third-order valence-electron chi connectivity index (χ3n) is 4.73. The summed E-state index contributed by atoms with van der Waals surface area (Å²) in [7, 11) is 1.83. The van der Waals surface area contributed by atoms with Gasteiger partial charge in [0.05, 0.1) is 10.7 Å². The minimum Gasteiger partial charge on any atom is -0.363 e. The SMILES string of the molecule is CN=C(NCCc1c(C)noc1C)NC1CCN(c2cccs2)CC1. The second-order valence-electron chi connectivity index (χ2n) is 6.41. The molecule has 0 atom stereocenters. The monoisotopic (exact) mass is 361 g/mol. The molecule has 1 fully saturated rings. The van der Waals surface area contributed by atoms with Crippen LogP contribution in [0.15, 0.2) is 27.0 Å². The number of anilines is 1. The van der Waals surface area contributed by atoms with Crippen LogP contribution in [0.25, 0.3) is 0 Å². The first kappa shape index (κ1) is 17.8. The van der Waals surface area contributed by atoms with Gasteiger partial charge in [0, 0.05) is 38.3 Å². The van der Waals surface area contributed by atoms with Crippen molar-refractivity contribution in [3.05, 3.63) is 34.5 Å². The standard InChI is InChI=1S/C18H27N5OS/c1-13-16(14(2)24-22-13)6-9-20-18(19-3)21-15-7-10-23(11-8-15)17-5-4-12-25-17/h4-5,12,15H,6-11H2,1-3H3,(H2,19,20,21). The van der Waals surface area contributed by atoms with Crippen molar-refractivity contribution in [3.8, 4) is 0 Å². The van der Waals surface area contributed by atoms with E-state index in [0.29, 0.717) is 6.04 Å². The molecule has 0 saturated carbocycles. The van der Waals surface area contributed by atoms with Crippen LogP contribution in [0.4, 0.5) is 5.00 Å². The van der Waals surface area contributed by atoms with Crippen molar-refractivity contribution in [2.75, 3.05) is 31.6 Å². The fourth-order valence-corrected chi connectivity index (χ4v) is 4.03. The number of rotatable bonds is 5. The van der Waals surface area contributed by atoms with E-state index >= 15 is 0 Å². The number of nitrogens with zero attached hydrogens (tertiary/aromatic N) is 3. The van der Waals surface area contributed by atoms with Crippen LogP contribution in [0.2, 0.25) is 0 Å². The molecule has 0 radical (unpaired) electrons. The van der Waals surface area contributed by atoms with Crippen LogP contribution in [-0.2, 0) is 6.42 Å². The number of piperidine rings is 1. The van der Waals surface area contributed by atoms with Gasteiger partial charge in [0.1, 0.15) is 5.76 Å². The summed E-state index contributed by atoms with van der Waals surface area (Å²) < 4.78 is 5.21. The first-order valence-corrected chi connectivity index (χ1v) is 9.72. The number of hydrogen-bond donors (Lipinski definition) is 2. The number of aliphatic imine (C=N–C) groups is 1. The van der Waals surface area contributed by atoms with Gasteiger partial charge in [-0.05, 0) is 50.6 Å². The van der Waals surface area contributed by atoms with E-state index in [2.05, 4.69) is 43.2 Å². The topological polar surface area (TPSA) is 65.7 Å². The molecular formula is C18H27N5OS. The van der Waals surface area contributed by atoms with Gasteiger partial charge < -0.3 is 20.1 Å². The minimum absolute atomic E-state index is 0.474. The Morgan fingerprint density at radius 1 is 1.40 bits per heavy atom. The van der Waals surface area contributed by atoms with E-state index in [1.807, 2.05) is 32.2 Å². The first-order chi connectivity index (χ1) is 12.2. The van der Waals surface area contributed by atoms with Gasteiger partial charge in [-0.2, -0.15) is 0 Å². The first-order valence-electron chi connectivity index (χ1n) is 8.84. The largest absolute Gasteiger partial charge is 0.363 e. The number of guanidine groups is 1. The van der Waals surface area contributed by atoms with E-state index in [1.165, 1.54) is 10.6 Å². The lowest BCUT2D eigenvalue weighted by atomic mass is 10.1. The summed E-state index contributed by atoms with van der Waals surface area (Å²) in [6, 6.07) is 4.80. The molecule has 136 valence electrons.